The van der Waals surface area contributed by atoms with Gasteiger partial charge in [-0.05, 0) is 73.9 Å². The topological polar surface area (TPSA) is 100 Å². The summed E-state index contributed by atoms with van der Waals surface area (Å²) in [4.78, 5) is 23.9. The van der Waals surface area contributed by atoms with E-state index in [-0.39, 0.29) is 11.7 Å². The summed E-state index contributed by atoms with van der Waals surface area (Å²) in [7, 11) is 0. The van der Waals surface area contributed by atoms with Gasteiger partial charge in [-0.2, -0.15) is 0 Å². The Bertz CT molecular complexity index is 1600. The summed E-state index contributed by atoms with van der Waals surface area (Å²) in [5.41, 5.74) is 2.60. The van der Waals surface area contributed by atoms with Gasteiger partial charge in [0.15, 0.2) is 5.65 Å². The molecule has 188 valence electrons. The number of aryl methyl sites for hydroxylation is 1. The van der Waals surface area contributed by atoms with Crippen molar-refractivity contribution in [1.82, 2.24) is 14.5 Å². The molecule has 6 rings (SSSR count). The van der Waals surface area contributed by atoms with Crippen LogP contribution in [0.1, 0.15) is 40.4 Å². The third kappa shape index (κ3) is 4.03. The molecule has 0 bridgehead atoms. The van der Waals surface area contributed by atoms with Gasteiger partial charge in [-0.3, -0.25) is 4.79 Å². The monoisotopic (exact) mass is 532 g/mol. The second-order valence-corrected chi connectivity index (χ2v) is 11.6. The Labute approximate surface area is 223 Å². The van der Waals surface area contributed by atoms with Crippen LogP contribution in [0.3, 0.4) is 0 Å². The number of ketones is 1. The normalized spacial score (nSPS) is 26.0. The predicted octanol–water partition coefficient (Wildman–Crippen LogP) is 4.34. The van der Waals surface area contributed by atoms with Crippen LogP contribution in [-0.2, 0) is 11.3 Å². The number of aliphatic hydroxyl groups is 2. The van der Waals surface area contributed by atoms with Crippen LogP contribution in [0, 0.1) is 30.1 Å². The highest BCUT2D eigenvalue weighted by atomic mass is 35.5. The van der Waals surface area contributed by atoms with E-state index in [2.05, 4.69) is 22.1 Å². The Morgan fingerprint density at radius 2 is 2.11 bits per heavy atom. The van der Waals surface area contributed by atoms with Gasteiger partial charge in [-0.15, -0.1) is 11.3 Å². The second kappa shape index (κ2) is 8.96. The minimum Gasteiger partial charge on any atom is -0.389 e. The molecule has 2 aliphatic carbocycles. The molecule has 37 heavy (non-hydrogen) atoms. The lowest BCUT2D eigenvalue weighted by atomic mass is 9.95. The van der Waals surface area contributed by atoms with Crippen molar-refractivity contribution in [3.05, 3.63) is 74.8 Å². The van der Waals surface area contributed by atoms with E-state index in [1.165, 1.54) is 11.8 Å². The van der Waals surface area contributed by atoms with Crippen LogP contribution in [0.5, 0.6) is 0 Å². The van der Waals surface area contributed by atoms with Crippen molar-refractivity contribution in [2.45, 2.75) is 45.1 Å². The van der Waals surface area contributed by atoms with Gasteiger partial charge in [0, 0.05) is 16.4 Å². The highest BCUT2D eigenvalue weighted by Gasteiger charge is 2.74. The largest absolute Gasteiger partial charge is 0.389 e. The molecule has 7 nitrogen and oxygen atoms in total. The smallest absolute Gasteiger partial charge is 0.163 e. The zero-order valence-corrected chi connectivity index (χ0v) is 21.8. The first-order valence-electron chi connectivity index (χ1n) is 12.1. The van der Waals surface area contributed by atoms with Gasteiger partial charge in [-0.1, -0.05) is 23.7 Å². The van der Waals surface area contributed by atoms with E-state index >= 15 is 0 Å². The minimum absolute atomic E-state index is 0.0920. The molecule has 0 saturated heterocycles. The summed E-state index contributed by atoms with van der Waals surface area (Å²) in [5.74, 6) is 6.10. The number of thiophene rings is 1. The third-order valence-electron chi connectivity index (χ3n) is 7.61. The first-order valence-corrected chi connectivity index (χ1v) is 13.3. The molecule has 2 aliphatic rings. The maximum absolute atomic E-state index is 12.4. The Morgan fingerprint density at radius 3 is 2.81 bits per heavy atom. The van der Waals surface area contributed by atoms with E-state index in [9.17, 15) is 15.0 Å². The van der Waals surface area contributed by atoms with Gasteiger partial charge < -0.3 is 20.1 Å². The quantitative estimate of drug-likeness (QED) is 0.331. The van der Waals surface area contributed by atoms with Crippen molar-refractivity contribution in [1.29, 1.82) is 0 Å². The van der Waals surface area contributed by atoms with Crippen molar-refractivity contribution in [2.24, 2.45) is 11.3 Å². The number of nitrogens with zero attached hydrogens (tertiary/aromatic N) is 3. The van der Waals surface area contributed by atoms with Gasteiger partial charge in [0.2, 0.25) is 0 Å². The summed E-state index contributed by atoms with van der Waals surface area (Å²) in [6.07, 6.45) is -0.0179. The molecule has 0 radical (unpaired) electrons. The van der Waals surface area contributed by atoms with E-state index in [0.29, 0.717) is 34.8 Å². The van der Waals surface area contributed by atoms with E-state index < -0.39 is 23.7 Å². The molecular weight excluding hydrogens is 508 g/mol. The molecule has 2 fully saturated rings. The van der Waals surface area contributed by atoms with Crippen molar-refractivity contribution in [3.63, 3.8) is 0 Å². The van der Waals surface area contributed by atoms with Gasteiger partial charge in [0.25, 0.3) is 0 Å². The molecule has 9 heteroatoms. The van der Waals surface area contributed by atoms with E-state index in [1.807, 2.05) is 49.4 Å². The summed E-state index contributed by atoms with van der Waals surface area (Å²) in [6, 6.07) is 13.0. The van der Waals surface area contributed by atoms with Gasteiger partial charge >= 0.3 is 0 Å². The number of rotatable bonds is 5. The predicted molar refractivity (Wildman–Crippen MR) is 144 cm³/mol. The number of fused-ring (bicyclic) bond motifs is 2. The first-order chi connectivity index (χ1) is 17.8. The summed E-state index contributed by atoms with van der Waals surface area (Å²) in [6.45, 7) is 4.04. The Hall–Kier alpha value is -3.22. The lowest BCUT2D eigenvalue weighted by Crippen LogP contribution is -2.36. The summed E-state index contributed by atoms with van der Waals surface area (Å²) in [5, 5.41) is 25.8. The molecule has 2 unspecified atom stereocenters. The molecule has 3 aromatic heterocycles. The number of hydrogen-bond acceptors (Lipinski definition) is 7. The number of aliphatic hydroxyl groups excluding tert-OH is 2. The molecule has 3 heterocycles. The molecule has 0 aliphatic heterocycles. The highest BCUT2D eigenvalue weighted by Crippen LogP contribution is 2.68. The third-order valence-corrected chi connectivity index (χ3v) is 8.76. The zero-order valence-electron chi connectivity index (χ0n) is 20.3. The van der Waals surface area contributed by atoms with Gasteiger partial charge in [0.1, 0.15) is 23.1 Å². The number of halogens is 1. The number of carbonyl (C=O) groups excluding carboxylic acids is 1. The van der Waals surface area contributed by atoms with Crippen molar-refractivity contribution >= 4 is 45.6 Å². The van der Waals surface area contributed by atoms with Gasteiger partial charge in [0.05, 0.1) is 34.5 Å². The first kappa shape index (κ1) is 24.1. The summed E-state index contributed by atoms with van der Waals surface area (Å²) < 4.78 is 1.80. The summed E-state index contributed by atoms with van der Waals surface area (Å²) >= 11 is 7.78. The number of carbonyl (C=O) groups is 1. The fourth-order valence-electron chi connectivity index (χ4n) is 5.67. The Morgan fingerprint density at radius 1 is 1.27 bits per heavy atom. The van der Waals surface area contributed by atoms with E-state index in [1.54, 1.807) is 22.2 Å². The number of imidazole rings is 1. The fourth-order valence-corrected chi connectivity index (χ4v) is 6.60. The zero-order chi connectivity index (χ0) is 25.9. The standard InChI is InChI=1S/C28H25ClN4O3S/c1-15-6-8-20(37-15)9-7-19-11-22(30-13-17-4-3-5-18(29)10-17)23-27(32-19)33(14-31-23)24-21-12-28(21,16(2)34)26(36)25(24)35/h3-6,8,10-11,14,21,24-26,35-36H,12-13H2,1-2H3,(H,30,32)/t21?,24-,25+,26?,28+/m1/s1. The van der Waals surface area contributed by atoms with Crippen LogP contribution in [-0.4, -0.2) is 42.7 Å². The van der Waals surface area contributed by atoms with E-state index in [4.69, 9.17) is 16.6 Å². The van der Waals surface area contributed by atoms with Crippen LogP contribution in [0.4, 0.5) is 5.69 Å². The van der Waals surface area contributed by atoms with Crippen LogP contribution in [0.15, 0.2) is 48.8 Å². The van der Waals surface area contributed by atoms with Crippen molar-refractivity contribution < 1.29 is 15.0 Å². The molecule has 3 N–H and O–H groups in total. The van der Waals surface area contributed by atoms with Crippen molar-refractivity contribution in [3.8, 4) is 11.8 Å². The molecule has 1 aromatic carbocycles. The Balaban J connectivity index is 1.42. The second-order valence-electron chi connectivity index (χ2n) is 9.86. The molecule has 0 amide bonds. The van der Waals surface area contributed by atoms with Gasteiger partial charge in [-0.25, -0.2) is 9.97 Å². The average molecular weight is 533 g/mol. The Kier molecular flexibility index (Phi) is 5.85. The number of nitrogens with one attached hydrogen (secondary N) is 1. The number of hydrogen-bond donors (Lipinski definition) is 3. The minimum atomic E-state index is -1.11. The maximum atomic E-state index is 12.4. The number of aromatic nitrogens is 3. The number of pyridine rings is 1. The molecule has 4 aromatic rings. The lowest BCUT2D eigenvalue weighted by Gasteiger charge is -2.23. The lowest BCUT2D eigenvalue weighted by molar-refractivity contribution is -0.128. The van der Waals surface area contributed by atoms with Crippen LogP contribution < -0.4 is 5.32 Å². The SMILES string of the molecule is CC(=O)[C@@]12CC1[C@@H](n1cnc3c(NCc4cccc(Cl)c4)cc(C#Cc4ccc(C)s4)nc31)[C@H](O)C2O. The van der Waals surface area contributed by atoms with E-state index in [0.717, 1.165) is 16.1 Å². The number of benzene rings is 1. The average Bonchev–Trinajstić information content (AvgIpc) is 3.12. The van der Waals surface area contributed by atoms with Crippen LogP contribution >= 0.6 is 22.9 Å². The molecular formula is C28H25ClN4O3S. The maximum Gasteiger partial charge on any atom is 0.163 e. The van der Waals surface area contributed by atoms with Crippen molar-refractivity contribution in [2.75, 3.05) is 5.32 Å². The fraction of sp³-hybridized carbons (Fsp3) is 0.321. The molecule has 2 saturated carbocycles. The van der Waals surface area contributed by atoms with Crippen LogP contribution in [0.25, 0.3) is 11.2 Å². The molecule has 5 atom stereocenters. The number of Topliss-reactive ketones (excluding diaryl/α,β-unsaturated/α-hetero) is 1. The highest BCUT2D eigenvalue weighted by molar-refractivity contribution is 7.12. The molecule has 0 spiro atoms. The van der Waals surface area contributed by atoms with Crippen LogP contribution in [0.2, 0.25) is 5.02 Å². The number of anilines is 1.